The third-order valence-electron chi connectivity index (χ3n) is 8.67. The highest BCUT2D eigenvalue weighted by Crippen LogP contribution is 2.41. The lowest BCUT2D eigenvalue weighted by molar-refractivity contribution is -0.160. The maximum absolute atomic E-state index is 12.8. The summed E-state index contributed by atoms with van der Waals surface area (Å²) in [6.07, 6.45) is 7.09. The van der Waals surface area contributed by atoms with E-state index in [4.69, 9.17) is 31.2 Å². The molecule has 1 N–H and O–H groups in total. The molecule has 2 aromatic carbocycles. The summed E-state index contributed by atoms with van der Waals surface area (Å²) in [5.74, 6) is 0.464. The first kappa shape index (κ1) is 31.1. The first-order chi connectivity index (χ1) is 21.4. The molecule has 9 heteroatoms. The van der Waals surface area contributed by atoms with Crippen LogP contribution in [0.15, 0.2) is 60.7 Å². The third kappa shape index (κ3) is 6.58. The monoisotopic (exact) mass is 628 g/mol. The Balaban J connectivity index is 1.56. The summed E-state index contributed by atoms with van der Waals surface area (Å²) in [5, 5.41) is 16.2. The van der Waals surface area contributed by atoms with Gasteiger partial charge in [0, 0.05) is 41.0 Å². The maximum Gasteiger partial charge on any atom is 0.337 e. The number of carboxylic acids is 1. The van der Waals surface area contributed by atoms with Gasteiger partial charge in [-0.15, -0.1) is 0 Å². The number of nitrogens with zero attached hydrogens (tertiary/aromatic N) is 4. The van der Waals surface area contributed by atoms with Crippen molar-refractivity contribution >= 4 is 29.0 Å². The minimum Gasteiger partial charge on any atom is -0.493 e. The second kappa shape index (κ2) is 12.1. The van der Waals surface area contributed by atoms with E-state index in [1.165, 1.54) is 0 Å². The molecule has 0 spiro atoms. The lowest BCUT2D eigenvalue weighted by Gasteiger charge is -2.40. The van der Waals surface area contributed by atoms with Crippen molar-refractivity contribution in [1.29, 1.82) is 0 Å². The molecule has 3 aliphatic heterocycles. The molecule has 4 aromatic rings. The largest absolute Gasteiger partial charge is 0.493 e. The van der Waals surface area contributed by atoms with Crippen LogP contribution in [0.25, 0.3) is 28.0 Å². The molecule has 45 heavy (non-hydrogen) atoms. The van der Waals surface area contributed by atoms with Crippen molar-refractivity contribution in [2.75, 3.05) is 24.6 Å². The fourth-order valence-electron chi connectivity index (χ4n) is 6.30. The van der Waals surface area contributed by atoms with E-state index in [0.29, 0.717) is 28.5 Å². The molecular weight excluding hydrogens is 588 g/mol. The molecule has 0 amide bonds. The maximum atomic E-state index is 12.8. The van der Waals surface area contributed by atoms with Crippen molar-refractivity contribution in [3.63, 3.8) is 0 Å². The van der Waals surface area contributed by atoms with Crippen LogP contribution in [0, 0.1) is 12.3 Å². The second-order valence-electron chi connectivity index (χ2n) is 13.4. The molecular formula is C36H41ClN4O4. The first-order valence-corrected chi connectivity index (χ1v) is 16.1. The van der Waals surface area contributed by atoms with Crippen LogP contribution in [0.2, 0.25) is 5.02 Å². The number of aliphatic carboxylic acids is 1. The van der Waals surface area contributed by atoms with Crippen LogP contribution in [0.5, 0.6) is 5.75 Å². The van der Waals surface area contributed by atoms with Gasteiger partial charge in [0.25, 0.3) is 0 Å². The molecule has 1 atom stereocenters. The van der Waals surface area contributed by atoms with Gasteiger partial charge in [-0.2, -0.15) is 9.61 Å². The molecule has 0 aliphatic carbocycles. The molecule has 6 bridgehead atoms. The minimum atomic E-state index is -1.20. The first-order valence-electron chi connectivity index (χ1n) is 15.7. The number of hydrogen-bond donors (Lipinski definition) is 1. The van der Waals surface area contributed by atoms with Gasteiger partial charge in [0.2, 0.25) is 0 Å². The van der Waals surface area contributed by atoms with Gasteiger partial charge in [0.1, 0.15) is 11.6 Å². The Morgan fingerprint density at radius 2 is 1.87 bits per heavy atom. The van der Waals surface area contributed by atoms with Crippen molar-refractivity contribution in [2.24, 2.45) is 5.41 Å². The Hall–Kier alpha value is -3.88. The van der Waals surface area contributed by atoms with Crippen LogP contribution >= 0.6 is 11.6 Å². The Morgan fingerprint density at radius 1 is 1.11 bits per heavy atom. The minimum absolute atomic E-state index is 0.0352. The SMILES string of the molecule is Cc1nc2cc3nn2c(c1C(OC(C)(C)C)C(=O)O)N1CCC(C)(C=CCCCOc2ccc(Cl)cc2-c2cccc-3c2)CC1. The summed E-state index contributed by atoms with van der Waals surface area (Å²) in [5.41, 5.74) is 4.68. The van der Waals surface area contributed by atoms with E-state index < -0.39 is 17.7 Å². The van der Waals surface area contributed by atoms with Crippen LogP contribution in [-0.2, 0) is 9.53 Å². The van der Waals surface area contributed by atoms with Crippen LogP contribution in [0.4, 0.5) is 5.82 Å². The molecule has 0 radical (unpaired) electrons. The fourth-order valence-corrected chi connectivity index (χ4v) is 6.47. The van der Waals surface area contributed by atoms with Gasteiger partial charge in [-0.05, 0) is 88.6 Å². The number of ether oxygens (including phenoxy) is 2. The highest BCUT2D eigenvalue weighted by molar-refractivity contribution is 6.31. The van der Waals surface area contributed by atoms with Gasteiger partial charge in [0.15, 0.2) is 11.8 Å². The average molecular weight is 629 g/mol. The number of hydrogen-bond acceptors (Lipinski definition) is 6. The number of piperidine rings is 1. The Bertz CT molecular complexity index is 1760. The molecule has 236 valence electrons. The van der Waals surface area contributed by atoms with Crippen molar-refractivity contribution in [1.82, 2.24) is 14.6 Å². The number of rotatable bonds is 3. The number of anilines is 1. The number of fused-ring (bicyclic) bond motifs is 6. The molecule has 1 unspecified atom stereocenters. The Morgan fingerprint density at radius 3 is 2.60 bits per heavy atom. The van der Waals surface area contributed by atoms with E-state index in [1.807, 2.05) is 74.7 Å². The van der Waals surface area contributed by atoms with Gasteiger partial charge < -0.3 is 19.5 Å². The van der Waals surface area contributed by atoms with Gasteiger partial charge >= 0.3 is 5.97 Å². The summed E-state index contributed by atoms with van der Waals surface area (Å²) < 4.78 is 14.3. The number of allylic oxidation sites excluding steroid dienone is 2. The normalized spacial score (nSPS) is 17.3. The zero-order chi connectivity index (χ0) is 31.9. The molecule has 0 saturated carbocycles. The lowest BCUT2D eigenvalue weighted by atomic mass is 9.80. The average Bonchev–Trinajstić information content (AvgIpc) is 3.41. The van der Waals surface area contributed by atoms with E-state index >= 15 is 0 Å². The van der Waals surface area contributed by atoms with E-state index in [-0.39, 0.29) is 5.41 Å². The molecule has 5 heterocycles. The topological polar surface area (TPSA) is 89.2 Å². The molecule has 3 aliphatic rings. The van der Waals surface area contributed by atoms with Gasteiger partial charge in [-0.25, -0.2) is 9.78 Å². The lowest BCUT2D eigenvalue weighted by Crippen LogP contribution is -2.40. The number of aryl methyl sites for hydroxylation is 1. The fraction of sp³-hybridized carbons (Fsp3) is 0.417. The van der Waals surface area contributed by atoms with E-state index in [2.05, 4.69) is 30.0 Å². The van der Waals surface area contributed by atoms with Crippen molar-refractivity contribution < 1.29 is 19.4 Å². The summed E-state index contributed by atoms with van der Waals surface area (Å²) in [6.45, 7) is 11.9. The molecule has 7 rings (SSSR count). The molecule has 8 nitrogen and oxygen atoms in total. The quantitative estimate of drug-likeness (QED) is 0.228. The molecule has 2 aromatic heterocycles. The smallest absolute Gasteiger partial charge is 0.337 e. The summed E-state index contributed by atoms with van der Waals surface area (Å²) in [7, 11) is 0. The highest BCUT2D eigenvalue weighted by Gasteiger charge is 2.37. The predicted octanol–water partition coefficient (Wildman–Crippen LogP) is 8.30. The zero-order valence-corrected chi connectivity index (χ0v) is 27.4. The van der Waals surface area contributed by atoms with Crippen molar-refractivity contribution in [3.05, 3.63) is 77.0 Å². The number of benzene rings is 2. The van der Waals surface area contributed by atoms with Crippen molar-refractivity contribution in [3.8, 4) is 28.1 Å². The van der Waals surface area contributed by atoms with Crippen molar-refractivity contribution in [2.45, 2.75) is 72.0 Å². The van der Waals surface area contributed by atoms with Gasteiger partial charge in [-0.3, -0.25) is 0 Å². The Labute approximate surface area is 269 Å². The summed E-state index contributed by atoms with van der Waals surface area (Å²) in [6, 6.07) is 15.8. The predicted molar refractivity (Wildman–Crippen MR) is 178 cm³/mol. The van der Waals surface area contributed by atoms with Crippen LogP contribution in [-0.4, -0.2) is 51.0 Å². The summed E-state index contributed by atoms with van der Waals surface area (Å²) in [4.78, 5) is 19.9. The van der Waals surface area contributed by atoms with E-state index in [9.17, 15) is 9.90 Å². The van der Waals surface area contributed by atoms with Gasteiger partial charge in [0.05, 0.1) is 23.5 Å². The molecule has 1 fully saturated rings. The van der Waals surface area contributed by atoms with Gasteiger partial charge in [-0.1, -0.05) is 48.9 Å². The number of halogens is 1. The standard InChI is InChI=1S/C36H41ClN4O4/c1-23-31(32(34(42)43)45-35(2,3)4)33-40-17-15-36(5,16-18-40)14-7-6-8-19-44-29-13-12-26(37)21-27(29)24-10-9-11-25(20-24)28-22-30(38-23)41(33)39-28/h7,9-14,20-22,32H,6,8,15-19H2,1-5H3,(H,42,43). The zero-order valence-electron chi connectivity index (χ0n) is 26.6. The second-order valence-corrected chi connectivity index (χ2v) is 13.9. The van der Waals surface area contributed by atoms with Crippen LogP contribution in [0.3, 0.4) is 0 Å². The van der Waals surface area contributed by atoms with Crippen LogP contribution in [0.1, 0.15) is 70.7 Å². The van der Waals surface area contributed by atoms with E-state index in [0.717, 1.165) is 72.7 Å². The number of aromatic nitrogens is 3. The van der Waals surface area contributed by atoms with E-state index in [1.54, 1.807) is 0 Å². The third-order valence-corrected chi connectivity index (χ3v) is 8.91. The van der Waals surface area contributed by atoms with Crippen LogP contribution < -0.4 is 9.64 Å². The summed E-state index contributed by atoms with van der Waals surface area (Å²) >= 11 is 6.45. The number of carbonyl (C=O) groups is 1. The Kier molecular flexibility index (Phi) is 8.39. The molecule has 1 saturated heterocycles. The number of carboxylic acid groups (broad SMARTS) is 1. The highest BCUT2D eigenvalue weighted by atomic mass is 35.5.